The van der Waals surface area contributed by atoms with Crippen molar-refractivity contribution in [1.82, 2.24) is 5.32 Å². The van der Waals surface area contributed by atoms with Crippen molar-refractivity contribution in [3.63, 3.8) is 0 Å². The second-order valence-electron chi connectivity index (χ2n) is 5.16. The maximum atomic E-state index is 6.11. The lowest BCUT2D eigenvalue weighted by Crippen LogP contribution is -2.33. The van der Waals surface area contributed by atoms with Crippen molar-refractivity contribution >= 4 is 23.2 Å². The Labute approximate surface area is 119 Å². The van der Waals surface area contributed by atoms with Gasteiger partial charge in [0.1, 0.15) is 11.9 Å². The summed E-state index contributed by atoms with van der Waals surface area (Å²) in [4.78, 5) is 0. The fraction of sp³-hybridized carbons (Fsp3) is 0.571. The SMILES string of the molecule is CC(C)[C@H](Oc1ccc(Cl)c(Cl)c1)[C@H]1CCNC1. The normalized spacial score (nSPS) is 21.3. The first-order valence-corrected chi connectivity index (χ1v) is 7.16. The molecule has 0 spiro atoms. The second kappa shape index (κ2) is 6.14. The summed E-state index contributed by atoms with van der Waals surface area (Å²) in [5.74, 6) is 1.85. The van der Waals surface area contributed by atoms with E-state index in [1.54, 1.807) is 12.1 Å². The molecule has 0 aromatic heterocycles. The van der Waals surface area contributed by atoms with Crippen molar-refractivity contribution in [2.75, 3.05) is 13.1 Å². The average molecular weight is 288 g/mol. The average Bonchev–Trinajstić information content (AvgIpc) is 2.83. The molecule has 1 aliphatic rings. The van der Waals surface area contributed by atoms with Gasteiger partial charge in [0, 0.05) is 18.5 Å². The van der Waals surface area contributed by atoms with Gasteiger partial charge in [0.2, 0.25) is 0 Å². The highest BCUT2D eigenvalue weighted by molar-refractivity contribution is 6.42. The van der Waals surface area contributed by atoms with Crippen molar-refractivity contribution in [3.05, 3.63) is 28.2 Å². The topological polar surface area (TPSA) is 21.3 Å². The van der Waals surface area contributed by atoms with Crippen LogP contribution in [0.2, 0.25) is 10.0 Å². The number of nitrogens with one attached hydrogen (secondary N) is 1. The molecule has 1 aromatic carbocycles. The van der Waals surface area contributed by atoms with Gasteiger partial charge < -0.3 is 10.1 Å². The van der Waals surface area contributed by atoms with Crippen molar-refractivity contribution in [2.24, 2.45) is 11.8 Å². The second-order valence-corrected chi connectivity index (χ2v) is 5.97. The molecule has 0 bridgehead atoms. The van der Waals surface area contributed by atoms with Crippen molar-refractivity contribution in [1.29, 1.82) is 0 Å². The lowest BCUT2D eigenvalue weighted by molar-refractivity contribution is 0.0974. The summed E-state index contributed by atoms with van der Waals surface area (Å²) in [5.41, 5.74) is 0. The van der Waals surface area contributed by atoms with Crippen molar-refractivity contribution in [2.45, 2.75) is 26.4 Å². The third kappa shape index (κ3) is 3.31. The zero-order valence-electron chi connectivity index (χ0n) is 10.7. The van der Waals surface area contributed by atoms with E-state index in [2.05, 4.69) is 19.2 Å². The molecular formula is C14H19Cl2NO. The Morgan fingerprint density at radius 1 is 1.28 bits per heavy atom. The monoisotopic (exact) mass is 287 g/mol. The van der Waals surface area contributed by atoms with E-state index in [-0.39, 0.29) is 6.10 Å². The summed E-state index contributed by atoms with van der Waals surface area (Å²) in [6, 6.07) is 5.46. The fourth-order valence-electron chi connectivity index (χ4n) is 2.44. The molecular weight excluding hydrogens is 269 g/mol. The van der Waals surface area contributed by atoms with Crippen LogP contribution in [0, 0.1) is 11.8 Å². The number of benzene rings is 1. The van der Waals surface area contributed by atoms with E-state index in [0.717, 1.165) is 18.8 Å². The number of halogens is 2. The van der Waals surface area contributed by atoms with E-state index in [1.165, 1.54) is 6.42 Å². The molecule has 0 amide bonds. The molecule has 2 atom stereocenters. The van der Waals surface area contributed by atoms with Gasteiger partial charge in [-0.25, -0.2) is 0 Å². The van der Waals surface area contributed by atoms with Crippen LogP contribution >= 0.6 is 23.2 Å². The first-order chi connectivity index (χ1) is 8.58. The van der Waals surface area contributed by atoms with Crippen LogP contribution in [0.1, 0.15) is 20.3 Å². The molecule has 2 rings (SSSR count). The summed E-state index contributed by atoms with van der Waals surface area (Å²) in [5, 5.41) is 4.49. The minimum absolute atomic E-state index is 0.220. The molecule has 0 unspecified atom stereocenters. The fourth-order valence-corrected chi connectivity index (χ4v) is 2.73. The van der Waals surface area contributed by atoms with Gasteiger partial charge in [-0.3, -0.25) is 0 Å². The molecule has 1 heterocycles. The molecule has 1 fully saturated rings. The molecule has 1 saturated heterocycles. The molecule has 2 nitrogen and oxygen atoms in total. The highest BCUT2D eigenvalue weighted by Gasteiger charge is 2.29. The molecule has 1 aliphatic heterocycles. The lowest BCUT2D eigenvalue weighted by Gasteiger charge is -2.27. The summed E-state index contributed by atoms with van der Waals surface area (Å²) in [6.45, 7) is 6.50. The first-order valence-electron chi connectivity index (χ1n) is 6.40. The van der Waals surface area contributed by atoms with Gasteiger partial charge in [-0.2, -0.15) is 0 Å². The van der Waals surface area contributed by atoms with Crippen LogP contribution in [0.5, 0.6) is 5.75 Å². The predicted molar refractivity (Wildman–Crippen MR) is 76.7 cm³/mol. The largest absolute Gasteiger partial charge is 0.490 e. The van der Waals surface area contributed by atoms with Crippen molar-refractivity contribution in [3.8, 4) is 5.75 Å². The van der Waals surface area contributed by atoms with E-state index in [4.69, 9.17) is 27.9 Å². The van der Waals surface area contributed by atoms with E-state index >= 15 is 0 Å². The van der Waals surface area contributed by atoms with Crippen LogP contribution < -0.4 is 10.1 Å². The van der Waals surface area contributed by atoms with Crippen molar-refractivity contribution < 1.29 is 4.74 Å². The van der Waals surface area contributed by atoms with E-state index in [0.29, 0.717) is 21.9 Å². The number of rotatable bonds is 4. The molecule has 18 heavy (non-hydrogen) atoms. The molecule has 0 radical (unpaired) electrons. The molecule has 0 saturated carbocycles. The van der Waals surface area contributed by atoms with Gasteiger partial charge in [0.15, 0.2) is 0 Å². The summed E-state index contributed by atoms with van der Waals surface area (Å²) < 4.78 is 6.11. The zero-order chi connectivity index (χ0) is 13.1. The van der Waals surface area contributed by atoms with Gasteiger partial charge in [-0.05, 0) is 31.0 Å². The molecule has 1 N–H and O–H groups in total. The maximum Gasteiger partial charge on any atom is 0.121 e. The Balaban J connectivity index is 2.10. The maximum absolute atomic E-state index is 6.11. The summed E-state index contributed by atoms with van der Waals surface area (Å²) >= 11 is 11.9. The molecule has 0 aliphatic carbocycles. The summed E-state index contributed by atoms with van der Waals surface area (Å²) in [7, 11) is 0. The first kappa shape index (κ1) is 14.0. The minimum Gasteiger partial charge on any atom is -0.490 e. The number of ether oxygens (including phenoxy) is 1. The van der Waals surface area contributed by atoms with Gasteiger partial charge >= 0.3 is 0 Å². The Morgan fingerprint density at radius 2 is 2.06 bits per heavy atom. The Morgan fingerprint density at radius 3 is 2.61 bits per heavy atom. The third-order valence-corrected chi connectivity index (χ3v) is 4.12. The zero-order valence-corrected chi connectivity index (χ0v) is 12.3. The van der Waals surface area contributed by atoms with Crippen LogP contribution in [-0.4, -0.2) is 19.2 Å². The van der Waals surface area contributed by atoms with Crippen LogP contribution in [-0.2, 0) is 0 Å². The molecule has 4 heteroatoms. The Hall–Kier alpha value is -0.440. The van der Waals surface area contributed by atoms with E-state index in [9.17, 15) is 0 Å². The molecule has 100 valence electrons. The van der Waals surface area contributed by atoms with E-state index < -0.39 is 0 Å². The summed E-state index contributed by atoms with van der Waals surface area (Å²) in [6.07, 6.45) is 1.39. The standard InChI is InChI=1S/C14H19Cl2NO/c1-9(2)14(10-5-6-17-8-10)18-11-3-4-12(15)13(16)7-11/h3-4,7,9-10,14,17H,5-6,8H2,1-2H3/t10-,14-/m0/s1. The quantitative estimate of drug-likeness (QED) is 0.904. The van der Waals surface area contributed by atoms with Crippen LogP contribution in [0.4, 0.5) is 0 Å². The van der Waals surface area contributed by atoms with Gasteiger partial charge in [-0.15, -0.1) is 0 Å². The highest BCUT2D eigenvalue weighted by atomic mass is 35.5. The number of hydrogen-bond acceptors (Lipinski definition) is 2. The van der Waals surface area contributed by atoms with Gasteiger partial charge in [-0.1, -0.05) is 37.0 Å². The lowest BCUT2D eigenvalue weighted by atomic mass is 9.92. The Bertz CT molecular complexity index is 403. The van der Waals surface area contributed by atoms with Crippen LogP contribution in [0.15, 0.2) is 18.2 Å². The highest BCUT2D eigenvalue weighted by Crippen LogP contribution is 2.30. The number of hydrogen-bond donors (Lipinski definition) is 1. The predicted octanol–water partition coefficient (Wildman–Crippen LogP) is 4.01. The van der Waals surface area contributed by atoms with Gasteiger partial charge in [0.25, 0.3) is 0 Å². The van der Waals surface area contributed by atoms with E-state index in [1.807, 2.05) is 6.07 Å². The smallest absolute Gasteiger partial charge is 0.121 e. The van der Waals surface area contributed by atoms with Gasteiger partial charge in [0.05, 0.1) is 10.0 Å². The third-order valence-electron chi connectivity index (χ3n) is 3.38. The van der Waals surface area contributed by atoms with Crippen LogP contribution in [0.3, 0.4) is 0 Å². The van der Waals surface area contributed by atoms with Crippen LogP contribution in [0.25, 0.3) is 0 Å². The molecule has 1 aromatic rings. The Kier molecular flexibility index (Phi) is 4.77. The minimum atomic E-state index is 0.220.